The zero-order chi connectivity index (χ0) is 18.0. The van der Waals surface area contributed by atoms with Crippen LogP contribution in [0, 0.1) is 0 Å². The first-order valence-corrected chi connectivity index (χ1v) is 17.0. The first kappa shape index (κ1) is 44.9. The summed E-state index contributed by atoms with van der Waals surface area (Å²) in [6.45, 7) is 0. The molecule has 0 bridgehead atoms. The van der Waals surface area contributed by atoms with E-state index in [1.807, 2.05) is 0 Å². The van der Waals surface area contributed by atoms with Crippen molar-refractivity contribution in [3.05, 3.63) is 0 Å². The Morgan fingerprint density at radius 2 is 0.348 bits per heavy atom. The van der Waals surface area contributed by atoms with Crippen LogP contribution in [0.1, 0.15) is 0 Å². The number of hydrogen-bond acceptors (Lipinski definition) is 16. The molecule has 0 amide bonds. The molecular weight excluding hydrogens is 897 g/mol. The molecule has 0 spiro atoms. The molecule has 152 valence electrons. The molecule has 0 aromatic heterocycles. The molecule has 0 heterocycles. The molecule has 0 aromatic carbocycles. The zero-order valence-electron chi connectivity index (χ0n) is 9.55. The van der Waals surface area contributed by atoms with Crippen molar-refractivity contribution >= 4 is 0 Å². The van der Waals surface area contributed by atoms with Gasteiger partial charge in [0.25, 0.3) is 0 Å². The van der Waals surface area contributed by atoms with Gasteiger partial charge >= 0.3 is 80.4 Å². The predicted molar refractivity (Wildman–Crippen MR) is 16.1 cm³/mol. The SMILES string of the molecule is O.O.[O-][I+3]([O-])([O-])O.[O-][I+3]([O-])([O-])O.[O-][I+3]([O-])([O-])O.[O-][I+3]([O-])([O-])O.[Ru]. The van der Waals surface area contributed by atoms with Crippen LogP contribution in [0.3, 0.4) is 0 Å². The fourth-order valence-corrected chi connectivity index (χ4v) is 0. The summed E-state index contributed by atoms with van der Waals surface area (Å²) in [6, 6.07) is 0. The van der Waals surface area contributed by atoms with Crippen LogP contribution in [0.25, 0.3) is 0 Å². The Morgan fingerprint density at radius 3 is 0.348 bits per heavy atom. The van der Waals surface area contributed by atoms with Crippen LogP contribution in [0.2, 0.25) is 0 Å². The fourth-order valence-electron chi connectivity index (χ4n) is 0. The van der Waals surface area contributed by atoms with E-state index in [2.05, 4.69) is 0 Å². The van der Waals surface area contributed by atoms with Crippen LogP contribution in [-0.2, 0) is 19.5 Å². The van der Waals surface area contributed by atoms with Crippen molar-refractivity contribution in [3.8, 4) is 0 Å². The molecule has 0 aliphatic carbocycles. The number of hydrogen-bond donors (Lipinski definition) is 4. The number of halogens is 4. The first-order valence-electron chi connectivity index (χ1n) is 2.53. The Bertz CT molecular complexity index is 131. The summed E-state index contributed by atoms with van der Waals surface area (Å²) >= 11 is -22.8. The van der Waals surface area contributed by atoms with Crippen LogP contribution in [0.15, 0.2) is 0 Å². The first-order chi connectivity index (χ1) is 8.00. The smallest absolute Gasteiger partial charge is 0.368 e. The van der Waals surface area contributed by atoms with Gasteiger partial charge in [-0.15, -0.1) is 0 Å². The van der Waals surface area contributed by atoms with Crippen molar-refractivity contribution < 1.29 is 166 Å². The molecule has 0 aromatic rings. The van der Waals surface area contributed by atoms with Crippen LogP contribution in [0.4, 0.5) is 0 Å². The van der Waals surface area contributed by atoms with Crippen LogP contribution in [-0.4, -0.2) is 24.7 Å². The minimum absolute atomic E-state index is 0. The maximum Gasteiger partial charge on any atom is 0.368 e. The quantitative estimate of drug-likeness (QED) is 0.130. The normalized spacial score (nSPS) is 10.4. The number of rotatable bonds is 0. The second-order valence-electron chi connectivity index (χ2n) is 1.58. The fraction of sp³-hybridized carbons (Fsp3) is 0. The molecule has 8 N–H and O–H groups in total. The molecule has 0 aliphatic rings. The minimum atomic E-state index is -5.69. The van der Waals surface area contributed by atoms with Crippen LogP contribution < -0.4 is 122 Å². The third kappa shape index (κ3) is 1620. The molecule has 23 heavy (non-hydrogen) atoms. The summed E-state index contributed by atoms with van der Waals surface area (Å²) in [7, 11) is 0. The van der Waals surface area contributed by atoms with E-state index in [9.17, 15) is 0 Å². The Hall–Kier alpha value is 2.82. The summed E-state index contributed by atoms with van der Waals surface area (Å²) in [5.41, 5.74) is 0. The molecular formula is H8I4O18Ru. The van der Waals surface area contributed by atoms with Gasteiger partial charge in [-0.2, -0.15) is 0 Å². The van der Waals surface area contributed by atoms with Crippen molar-refractivity contribution in [2.75, 3.05) is 0 Å². The monoisotopic (exact) mass is 905 g/mol. The topological polar surface area (TPSA) is 421 Å². The maximum atomic E-state index is 8.73. The Morgan fingerprint density at radius 1 is 0.348 bits per heavy atom. The van der Waals surface area contributed by atoms with E-state index < -0.39 is 80.4 Å². The van der Waals surface area contributed by atoms with Gasteiger partial charge in [-0.1, -0.05) is 0 Å². The Labute approximate surface area is 163 Å². The summed E-state index contributed by atoms with van der Waals surface area (Å²) in [4.78, 5) is 0. The van der Waals surface area contributed by atoms with Crippen molar-refractivity contribution in [2.45, 2.75) is 0 Å². The van der Waals surface area contributed by atoms with E-state index in [4.69, 9.17) is 55.0 Å². The average molecular weight is 905 g/mol. The molecule has 0 atom stereocenters. The second-order valence-corrected chi connectivity index (χ2v) is 10.6. The van der Waals surface area contributed by atoms with Crippen molar-refractivity contribution in [3.63, 3.8) is 0 Å². The van der Waals surface area contributed by atoms with Gasteiger partial charge in [0.1, 0.15) is 0 Å². The third-order valence-electron chi connectivity index (χ3n) is 0. The van der Waals surface area contributed by atoms with E-state index in [1.165, 1.54) is 0 Å². The van der Waals surface area contributed by atoms with Gasteiger partial charge < -0.3 is 11.0 Å². The maximum absolute atomic E-state index is 8.73. The largest absolute Gasteiger partial charge is 0.412 e. The predicted octanol–water partition coefficient (Wildman–Crippen LogP) is -30.1. The molecule has 23 heteroatoms. The van der Waals surface area contributed by atoms with E-state index in [-0.39, 0.29) is 30.4 Å². The van der Waals surface area contributed by atoms with Crippen molar-refractivity contribution in [2.24, 2.45) is 0 Å². The van der Waals surface area contributed by atoms with Crippen LogP contribution >= 0.6 is 0 Å². The zero-order valence-corrected chi connectivity index (χ0v) is 19.9. The van der Waals surface area contributed by atoms with Gasteiger partial charge in [0, 0.05) is 33.2 Å². The summed E-state index contributed by atoms with van der Waals surface area (Å²) < 4.78 is 133. The summed E-state index contributed by atoms with van der Waals surface area (Å²) in [5.74, 6) is 0. The molecule has 18 nitrogen and oxygen atoms in total. The van der Waals surface area contributed by atoms with Crippen LogP contribution in [0.5, 0.6) is 0 Å². The Balaban J connectivity index is -0.0000000284. The van der Waals surface area contributed by atoms with Gasteiger partial charge in [0.15, 0.2) is 0 Å². The van der Waals surface area contributed by atoms with E-state index in [0.29, 0.717) is 0 Å². The molecule has 0 rings (SSSR count). The van der Waals surface area contributed by atoms with Crippen molar-refractivity contribution in [1.29, 1.82) is 0 Å². The third-order valence-corrected chi connectivity index (χ3v) is 0. The molecule has 0 saturated carbocycles. The van der Waals surface area contributed by atoms with E-state index >= 15 is 0 Å². The summed E-state index contributed by atoms with van der Waals surface area (Å²) in [6.07, 6.45) is 0. The van der Waals surface area contributed by atoms with E-state index in [1.54, 1.807) is 0 Å². The molecule has 0 fully saturated rings. The Kier molecular flexibility index (Phi) is 38.2. The van der Waals surface area contributed by atoms with Crippen molar-refractivity contribution in [1.82, 2.24) is 0 Å². The average Bonchev–Trinajstić information content (AvgIpc) is 1.62. The van der Waals surface area contributed by atoms with Gasteiger partial charge in [-0.3, -0.25) is 41.2 Å². The summed E-state index contributed by atoms with van der Waals surface area (Å²) in [5, 5.41) is 0. The second kappa shape index (κ2) is 19.6. The molecule has 0 unspecified atom stereocenters. The molecule has 0 radical (unpaired) electrons. The van der Waals surface area contributed by atoms with Gasteiger partial charge in [-0.05, 0) is 0 Å². The minimum Gasteiger partial charge on any atom is -0.412 e. The molecule has 0 aliphatic heterocycles. The van der Waals surface area contributed by atoms with Gasteiger partial charge in [0.2, 0.25) is 0 Å². The van der Waals surface area contributed by atoms with Gasteiger partial charge in [0.05, 0.1) is 0 Å². The molecule has 0 saturated heterocycles. The van der Waals surface area contributed by atoms with E-state index in [0.717, 1.165) is 0 Å². The standard InChI is InChI=1S/4HIO4.2H2O.Ru/c4*2-1(3,4)5;;;/h4*2H;2*1H2;. The van der Waals surface area contributed by atoms with Gasteiger partial charge in [-0.25, -0.2) is 0 Å².